The molecule has 8 nitrogen and oxygen atoms in total. The Morgan fingerprint density at radius 2 is 1.85 bits per heavy atom. The number of carbonyl (C=O) groups excluding carboxylic acids is 2. The minimum atomic E-state index is -0.409. The lowest BCUT2D eigenvalue weighted by Gasteiger charge is -2.27. The van der Waals surface area contributed by atoms with E-state index >= 15 is 0 Å². The monoisotopic (exact) mass is 470 g/mol. The van der Waals surface area contributed by atoms with Crippen molar-refractivity contribution in [3.8, 4) is 5.75 Å². The van der Waals surface area contributed by atoms with Crippen LogP contribution in [0.25, 0.3) is 0 Å². The maximum absolute atomic E-state index is 13.5. The molecule has 9 heteroatoms. The maximum atomic E-state index is 13.5. The van der Waals surface area contributed by atoms with Crippen LogP contribution in [-0.2, 0) is 9.53 Å². The van der Waals surface area contributed by atoms with E-state index in [0.29, 0.717) is 19.6 Å². The SMILES string of the molecule is CCCNC(=O)N(CCOC)CC(=O)N1N=C(c2ccc(OC)cc2)CC1c1ccc(F)cc1. The first-order valence-corrected chi connectivity index (χ1v) is 11.3. The van der Waals surface area contributed by atoms with Gasteiger partial charge in [0.2, 0.25) is 0 Å². The highest BCUT2D eigenvalue weighted by atomic mass is 19.1. The molecule has 1 N–H and O–H groups in total. The van der Waals surface area contributed by atoms with Crippen molar-refractivity contribution in [2.75, 3.05) is 40.5 Å². The number of hydrazone groups is 1. The molecule has 3 amide bonds. The van der Waals surface area contributed by atoms with Gasteiger partial charge in [-0.15, -0.1) is 0 Å². The summed E-state index contributed by atoms with van der Waals surface area (Å²) in [6, 6.07) is 12.7. The first-order chi connectivity index (χ1) is 16.5. The Bertz CT molecular complexity index is 995. The molecule has 1 aliphatic heterocycles. The Morgan fingerprint density at radius 1 is 1.15 bits per heavy atom. The molecule has 3 rings (SSSR count). The van der Waals surface area contributed by atoms with Crippen molar-refractivity contribution >= 4 is 17.6 Å². The first-order valence-electron chi connectivity index (χ1n) is 11.3. The van der Waals surface area contributed by atoms with Gasteiger partial charge in [-0.05, 0) is 53.9 Å². The molecular weight excluding hydrogens is 439 g/mol. The van der Waals surface area contributed by atoms with E-state index in [0.717, 1.165) is 29.0 Å². The van der Waals surface area contributed by atoms with Crippen molar-refractivity contribution in [3.63, 3.8) is 0 Å². The number of benzene rings is 2. The predicted molar refractivity (Wildman–Crippen MR) is 127 cm³/mol. The summed E-state index contributed by atoms with van der Waals surface area (Å²) >= 11 is 0. The quantitative estimate of drug-likeness (QED) is 0.575. The van der Waals surface area contributed by atoms with Gasteiger partial charge in [0.1, 0.15) is 18.1 Å². The van der Waals surface area contributed by atoms with Gasteiger partial charge in [-0.25, -0.2) is 14.2 Å². The van der Waals surface area contributed by atoms with Gasteiger partial charge in [-0.3, -0.25) is 4.79 Å². The molecule has 1 aliphatic rings. The molecule has 0 bridgehead atoms. The zero-order valence-electron chi connectivity index (χ0n) is 19.8. The summed E-state index contributed by atoms with van der Waals surface area (Å²) < 4.78 is 23.9. The summed E-state index contributed by atoms with van der Waals surface area (Å²) in [6.07, 6.45) is 1.25. The zero-order chi connectivity index (χ0) is 24.5. The summed E-state index contributed by atoms with van der Waals surface area (Å²) in [5, 5.41) is 8.83. The maximum Gasteiger partial charge on any atom is 0.317 e. The van der Waals surface area contributed by atoms with Crippen LogP contribution in [0.1, 0.15) is 36.9 Å². The standard InChI is InChI=1S/C25H31FN4O4/c1-4-13-27-25(32)29(14-15-33-2)17-24(31)30-23(19-5-9-20(26)10-6-19)16-22(28-30)18-7-11-21(34-3)12-8-18/h5-12,23H,4,13-17H2,1-3H3,(H,27,32). The van der Waals surface area contributed by atoms with Crippen LogP contribution in [0.5, 0.6) is 5.75 Å². The fraction of sp³-hybridized carbons (Fsp3) is 0.400. The van der Waals surface area contributed by atoms with Crippen LogP contribution < -0.4 is 10.1 Å². The van der Waals surface area contributed by atoms with Crippen molar-refractivity contribution in [2.45, 2.75) is 25.8 Å². The fourth-order valence-corrected chi connectivity index (χ4v) is 3.68. The van der Waals surface area contributed by atoms with Gasteiger partial charge in [-0.1, -0.05) is 19.1 Å². The fourth-order valence-electron chi connectivity index (χ4n) is 3.68. The summed E-state index contributed by atoms with van der Waals surface area (Å²) in [5.41, 5.74) is 2.35. The Hall–Kier alpha value is -3.46. The van der Waals surface area contributed by atoms with E-state index < -0.39 is 6.04 Å². The van der Waals surface area contributed by atoms with E-state index in [1.807, 2.05) is 31.2 Å². The number of urea groups is 1. The Morgan fingerprint density at radius 3 is 2.47 bits per heavy atom. The Labute approximate surface area is 199 Å². The third-order valence-electron chi connectivity index (χ3n) is 5.55. The molecule has 34 heavy (non-hydrogen) atoms. The van der Waals surface area contributed by atoms with Crippen molar-refractivity contribution in [2.24, 2.45) is 5.10 Å². The highest BCUT2D eigenvalue weighted by Gasteiger charge is 2.34. The highest BCUT2D eigenvalue weighted by Crippen LogP contribution is 2.33. The molecule has 0 fully saturated rings. The summed E-state index contributed by atoms with van der Waals surface area (Å²) in [4.78, 5) is 27.4. The molecule has 0 spiro atoms. The van der Waals surface area contributed by atoms with E-state index in [4.69, 9.17) is 9.47 Å². The normalized spacial score (nSPS) is 15.1. The summed E-state index contributed by atoms with van der Waals surface area (Å²) in [5.74, 6) is 0.0343. The Kier molecular flexibility index (Phi) is 8.98. The molecule has 0 saturated heterocycles. The van der Waals surface area contributed by atoms with Gasteiger partial charge in [0.05, 0.1) is 25.5 Å². The summed E-state index contributed by atoms with van der Waals surface area (Å²) in [6.45, 7) is 2.88. The molecule has 2 aromatic carbocycles. The van der Waals surface area contributed by atoms with Crippen molar-refractivity contribution in [1.82, 2.24) is 15.2 Å². The van der Waals surface area contributed by atoms with Crippen LogP contribution >= 0.6 is 0 Å². The van der Waals surface area contributed by atoms with E-state index in [9.17, 15) is 14.0 Å². The third-order valence-corrected chi connectivity index (χ3v) is 5.55. The van der Waals surface area contributed by atoms with Crippen LogP contribution in [0, 0.1) is 5.82 Å². The highest BCUT2D eigenvalue weighted by molar-refractivity contribution is 6.03. The second-order valence-corrected chi connectivity index (χ2v) is 7.93. The van der Waals surface area contributed by atoms with Crippen LogP contribution in [-0.4, -0.2) is 68.0 Å². The molecule has 182 valence electrons. The number of halogens is 1. The molecular formula is C25H31FN4O4. The van der Waals surface area contributed by atoms with Gasteiger partial charge >= 0.3 is 6.03 Å². The van der Waals surface area contributed by atoms with E-state index in [1.165, 1.54) is 22.0 Å². The predicted octanol–water partition coefficient (Wildman–Crippen LogP) is 3.58. The first kappa shape index (κ1) is 25.2. The number of nitrogens with one attached hydrogen (secondary N) is 1. The van der Waals surface area contributed by atoms with Gasteiger partial charge in [-0.2, -0.15) is 5.10 Å². The molecule has 1 unspecified atom stereocenters. The molecule has 0 aromatic heterocycles. The lowest BCUT2D eigenvalue weighted by Crippen LogP contribution is -2.47. The number of methoxy groups -OCH3 is 2. The van der Waals surface area contributed by atoms with Gasteiger partial charge in [0.25, 0.3) is 5.91 Å². The minimum Gasteiger partial charge on any atom is -0.497 e. The number of carbonyl (C=O) groups is 2. The number of hydrogen-bond acceptors (Lipinski definition) is 5. The van der Waals surface area contributed by atoms with Crippen molar-refractivity contribution in [3.05, 3.63) is 65.5 Å². The van der Waals surface area contributed by atoms with Gasteiger partial charge in [0.15, 0.2) is 0 Å². The van der Waals surface area contributed by atoms with Crippen LogP contribution in [0.4, 0.5) is 9.18 Å². The molecule has 1 atom stereocenters. The smallest absolute Gasteiger partial charge is 0.317 e. The number of nitrogens with zero attached hydrogens (tertiary/aromatic N) is 3. The third kappa shape index (κ3) is 6.32. The molecule has 0 aliphatic carbocycles. The summed E-state index contributed by atoms with van der Waals surface area (Å²) in [7, 11) is 3.14. The second kappa shape index (κ2) is 12.1. The lowest BCUT2D eigenvalue weighted by molar-refractivity contribution is -0.133. The van der Waals surface area contributed by atoms with Crippen molar-refractivity contribution in [1.29, 1.82) is 0 Å². The van der Waals surface area contributed by atoms with E-state index in [2.05, 4.69) is 10.4 Å². The Balaban J connectivity index is 1.86. The second-order valence-electron chi connectivity index (χ2n) is 7.93. The topological polar surface area (TPSA) is 83.5 Å². The zero-order valence-corrected chi connectivity index (χ0v) is 19.8. The minimum absolute atomic E-state index is 0.157. The largest absolute Gasteiger partial charge is 0.497 e. The lowest BCUT2D eigenvalue weighted by atomic mass is 9.98. The molecule has 1 heterocycles. The van der Waals surface area contributed by atoms with Crippen LogP contribution in [0.2, 0.25) is 0 Å². The number of hydrogen-bond donors (Lipinski definition) is 1. The molecule has 0 radical (unpaired) electrons. The average Bonchev–Trinajstić information content (AvgIpc) is 3.31. The number of ether oxygens (including phenoxy) is 2. The average molecular weight is 471 g/mol. The van der Waals surface area contributed by atoms with Crippen LogP contribution in [0.15, 0.2) is 53.6 Å². The van der Waals surface area contributed by atoms with E-state index in [-0.39, 0.29) is 30.8 Å². The van der Waals surface area contributed by atoms with Gasteiger partial charge in [0, 0.05) is 26.6 Å². The van der Waals surface area contributed by atoms with Crippen molar-refractivity contribution < 1.29 is 23.5 Å². The van der Waals surface area contributed by atoms with Crippen LogP contribution in [0.3, 0.4) is 0 Å². The van der Waals surface area contributed by atoms with Gasteiger partial charge < -0.3 is 19.7 Å². The molecule has 0 saturated carbocycles. The number of amides is 3. The number of rotatable bonds is 10. The molecule has 2 aromatic rings. The van der Waals surface area contributed by atoms with E-state index in [1.54, 1.807) is 26.4 Å².